The highest BCUT2D eigenvalue weighted by Crippen LogP contribution is 1.59. The van der Waals surface area contributed by atoms with E-state index in [1.165, 1.54) is 0 Å². The molecule has 1 aromatic heterocycles. The fourth-order valence-electron chi connectivity index (χ4n) is 0.813. The molecule has 0 spiro atoms. The lowest BCUT2D eigenvalue weighted by atomic mass is 10.4. The van der Waals surface area contributed by atoms with Crippen molar-refractivity contribution in [2.45, 2.75) is 13.8 Å². The third-order valence-corrected chi connectivity index (χ3v) is 1.36. The van der Waals surface area contributed by atoms with Crippen molar-refractivity contribution in [3.05, 3.63) is 23.1 Å². The van der Waals surface area contributed by atoms with E-state index < -0.39 is 0 Å². The van der Waals surface area contributed by atoms with Gasteiger partial charge in [0.15, 0.2) is 0 Å². The summed E-state index contributed by atoms with van der Waals surface area (Å²) in [5.41, 5.74) is 0. The van der Waals surface area contributed by atoms with Crippen molar-refractivity contribution >= 4 is 12.2 Å². The molecule has 0 atom stereocenters. The third-order valence-electron chi connectivity index (χ3n) is 1.36. The zero-order valence-corrected chi connectivity index (χ0v) is 6.20. The minimum Gasteiger partial charge on any atom is -0.244 e. The quantitative estimate of drug-likeness (QED) is 0.502. The van der Waals surface area contributed by atoms with Crippen molar-refractivity contribution in [3.63, 3.8) is 0 Å². The molecule has 0 aromatic carbocycles. The molecule has 1 rings (SSSR count). The Morgan fingerprint density at radius 1 is 1.30 bits per heavy atom. The predicted octanol–water partition coefficient (Wildman–Crippen LogP) is 0.0774. The maximum atomic E-state index is 4.07. The van der Waals surface area contributed by atoms with Crippen LogP contribution in [0.2, 0.25) is 0 Å². The zero-order chi connectivity index (χ0) is 7.40. The summed E-state index contributed by atoms with van der Waals surface area (Å²) in [5.74, 6) is 0. The van der Waals surface area contributed by atoms with Crippen LogP contribution in [0.5, 0.6) is 0 Å². The second-order valence-corrected chi connectivity index (χ2v) is 1.94. The first-order valence-corrected chi connectivity index (χ1v) is 3.27. The van der Waals surface area contributed by atoms with E-state index in [1.807, 2.05) is 32.2 Å². The first kappa shape index (κ1) is 6.93. The van der Waals surface area contributed by atoms with E-state index in [-0.39, 0.29) is 0 Å². The molecule has 0 unspecified atom stereocenters. The van der Waals surface area contributed by atoms with Crippen LogP contribution >= 0.6 is 0 Å². The number of nitrogens with zero attached hydrogens (tertiary/aromatic N) is 2. The standard InChI is InChI=1S/C8H10N2/c1-3-7-5-9-6-10-8(7)4-2/h3-6H,1-2H3/b7-3+,8-4-. The van der Waals surface area contributed by atoms with Crippen molar-refractivity contribution < 1.29 is 0 Å². The fraction of sp³-hybridized carbons (Fsp3) is 0.250. The van der Waals surface area contributed by atoms with Gasteiger partial charge in [0.05, 0.1) is 5.35 Å². The number of hydrogen-bond acceptors (Lipinski definition) is 2. The second kappa shape index (κ2) is 3.11. The summed E-state index contributed by atoms with van der Waals surface area (Å²) in [6.45, 7) is 3.95. The van der Waals surface area contributed by atoms with Crippen LogP contribution in [0.25, 0.3) is 12.2 Å². The lowest BCUT2D eigenvalue weighted by Gasteiger charge is -1.84. The Balaban J connectivity index is 3.53. The van der Waals surface area contributed by atoms with E-state index in [0.717, 1.165) is 10.6 Å². The molecular weight excluding hydrogens is 124 g/mol. The van der Waals surface area contributed by atoms with E-state index in [2.05, 4.69) is 9.97 Å². The highest BCUT2D eigenvalue weighted by molar-refractivity contribution is 5.22. The molecule has 2 nitrogen and oxygen atoms in total. The number of aromatic nitrogens is 2. The van der Waals surface area contributed by atoms with Crippen molar-refractivity contribution in [1.29, 1.82) is 0 Å². The molecule has 1 aromatic rings. The summed E-state index contributed by atoms with van der Waals surface area (Å²) in [7, 11) is 0. The van der Waals surface area contributed by atoms with Gasteiger partial charge in [-0.05, 0) is 13.8 Å². The topological polar surface area (TPSA) is 25.8 Å². The summed E-state index contributed by atoms with van der Waals surface area (Å²) in [6, 6.07) is 0. The maximum Gasteiger partial charge on any atom is 0.116 e. The highest BCUT2D eigenvalue weighted by atomic mass is 14.8. The fourth-order valence-corrected chi connectivity index (χ4v) is 0.813. The Hall–Kier alpha value is -1.18. The summed E-state index contributed by atoms with van der Waals surface area (Å²) in [4.78, 5) is 7.97. The smallest absolute Gasteiger partial charge is 0.116 e. The summed E-state index contributed by atoms with van der Waals surface area (Å²) in [5, 5.41) is 2.09. The van der Waals surface area contributed by atoms with Crippen molar-refractivity contribution in [2.75, 3.05) is 0 Å². The van der Waals surface area contributed by atoms with Gasteiger partial charge in [0.2, 0.25) is 0 Å². The lowest BCUT2D eigenvalue weighted by Crippen LogP contribution is -2.27. The number of rotatable bonds is 0. The Morgan fingerprint density at radius 3 is 2.60 bits per heavy atom. The van der Waals surface area contributed by atoms with Gasteiger partial charge in [-0.3, -0.25) is 0 Å². The van der Waals surface area contributed by atoms with Crippen LogP contribution in [0.4, 0.5) is 0 Å². The van der Waals surface area contributed by atoms with Gasteiger partial charge in [0.25, 0.3) is 0 Å². The van der Waals surface area contributed by atoms with E-state index in [4.69, 9.17) is 0 Å². The Bertz CT molecular complexity index is 281. The van der Waals surface area contributed by atoms with Gasteiger partial charge >= 0.3 is 0 Å². The van der Waals surface area contributed by atoms with Crippen molar-refractivity contribution in [1.82, 2.24) is 9.97 Å². The molecule has 1 heterocycles. The van der Waals surface area contributed by atoms with Crippen LogP contribution in [0, 0.1) is 0 Å². The zero-order valence-electron chi connectivity index (χ0n) is 6.20. The van der Waals surface area contributed by atoms with Crippen LogP contribution < -0.4 is 10.6 Å². The molecule has 0 radical (unpaired) electrons. The molecular formula is C8H10N2. The molecule has 0 aliphatic rings. The van der Waals surface area contributed by atoms with Gasteiger partial charge in [-0.25, -0.2) is 9.97 Å². The van der Waals surface area contributed by atoms with Crippen LogP contribution in [0.1, 0.15) is 13.8 Å². The van der Waals surface area contributed by atoms with Gasteiger partial charge in [-0.15, -0.1) is 0 Å². The normalized spacial score (nSPS) is 14.2. The summed E-state index contributed by atoms with van der Waals surface area (Å²) in [6.07, 6.45) is 7.33. The average molecular weight is 134 g/mol. The van der Waals surface area contributed by atoms with E-state index >= 15 is 0 Å². The first-order chi connectivity index (χ1) is 4.88. The average Bonchev–Trinajstić information content (AvgIpc) is 2.04. The number of hydrogen-bond donors (Lipinski definition) is 0. The molecule has 0 aliphatic carbocycles. The molecule has 2 heteroatoms. The minimum atomic E-state index is 0.998. The van der Waals surface area contributed by atoms with Crippen LogP contribution in [0.3, 0.4) is 0 Å². The van der Waals surface area contributed by atoms with Gasteiger partial charge in [-0.2, -0.15) is 0 Å². The van der Waals surface area contributed by atoms with Crippen LogP contribution in [-0.4, -0.2) is 9.97 Å². The summed E-state index contributed by atoms with van der Waals surface area (Å²) >= 11 is 0. The molecule has 0 bridgehead atoms. The third kappa shape index (κ3) is 1.21. The van der Waals surface area contributed by atoms with Gasteiger partial charge < -0.3 is 0 Å². The molecule has 52 valence electrons. The molecule has 0 aliphatic heterocycles. The monoisotopic (exact) mass is 134 g/mol. The van der Waals surface area contributed by atoms with Gasteiger partial charge in [0, 0.05) is 11.4 Å². The van der Waals surface area contributed by atoms with E-state index in [1.54, 1.807) is 6.33 Å². The van der Waals surface area contributed by atoms with Crippen LogP contribution in [0.15, 0.2) is 12.5 Å². The molecule has 0 saturated heterocycles. The molecule has 0 fully saturated rings. The van der Waals surface area contributed by atoms with E-state index in [9.17, 15) is 0 Å². The molecule has 0 N–H and O–H groups in total. The Kier molecular flexibility index (Phi) is 2.15. The molecule has 0 saturated carbocycles. The maximum absolute atomic E-state index is 4.07. The van der Waals surface area contributed by atoms with Crippen molar-refractivity contribution in [2.24, 2.45) is 0 Å². The summed E-state index contributed by atoms with van der Waals surface area (Å²) < 4.78 is 0. The molecule has 10 heavy (non-hydrogen) atoms. The van der Waals surface area contributed by atoms with E-state index in [0.29, 0.717) is 0 Å². The minimum absolute atomic E-state index is 0.998. The lowest BCUT2D eigenvalue weighted by molar-refractivity contribution is 1.10. The largest absolute Gasteiger partial charge is 0.244 e. The predicted molar refractivity (Wildman–Crippen MR) is 41.6 cm³/mol. The first-order valence-electron chi connectivity index (χ1n) is 3.27. The Morgan fingerprint density at radius 2 is 2.10 bits per heavy atom. The SMILES string of the molecule is C/C=c1\ncnc\c1=C/C. The van der Waals surface area contributed by atoms with Gasteiger partial charge in [-0.1, -0.05) is 12.2 Å². The van der Waals surface area contributed by atoms with Crippen molar-refractivity contribution in [3.8, 4) is 0 Å². The second-order valence-electron chi connectivity index (χ2n) is 1.94. The van der Waals surface area contributed by atoms with Crippen LogP contribution in [-0.2, 0) is 0 Å². The Labute approximate surface area is 60.0 Å². The molecule has 0 amide bonds. The highest BCUT2D eigenvalue weighted by Gasteiger charge is 1.79. The van der Waals surface area contributed by atoms with Gasteiger partial charge in [0.1, 0.15) is 6.33 Å².